The fraction of sp³-hybridized carbons (Fsp3) is 0.308. The first kappa shape index (κ1) is 15.3. The average Bonchev–Trinajstić information content (AvgIpc) is 2.88. The van der Waals surface area contributed by atoms with Gasteiger partial charge in [0.2, 0.25) is 0 Å². The minimum atomic E-state index is -3.78. The molecule has 0 bridgehead atoms. The van der Waals surface area contributed by atoms with Crippen molar-refractivity contribution in [1.82, 2.24) is 10.2 Å². The number of sulfonamides is 1. The number of ether oxygens (including phenoxy) is 1. The Morgan fingerprint density at radius 3 is 2.67 bits per heavy atom. The van der Waals surface area contributed by atoms with Gasteiger partial charge >= 0.3 is 0 Å². The molecule has 3 N–H and O–H groups in total. The van der Waals surface area contributed by atoms with Gasteiger partial charge in [0.25, 0.3) is 10.0 Å². The van der Waals surface area contributed by atoms with Gasteiger partial charge in [0.05, 0.1) is 24.2 Å². The largest absolute Gasteiger partial charge is 0.495 e. The zero-order valence-electron chi connectivity index (χ0n) is 12.1. The van der Waals surface area contributed by atoms with Gasteiger partial charge in [-0.15, -0.1) is 0 Å². The number of nitrogens with one attached hydrogen (secondary N) is 1. The molecule has 0 saturated carbocycles. The maximum absolute atomic E-state index is 12.8. The van der Waals surface area contributed by atoms with Crippen LogP contribution >= 0.6 is 0 Å². The number of nitrogens with zero attached hydrogens (tertiary/aromatic N) is 2. The van der Waals surface area contributed by atoms with Crippen molar-refractivity contribution < 1.29 is 13.2 Å². The molecule has 21 heavy (non-hydrogen) atoms. The Balaban J connectivity index is 2.56. The van der Waals surface area contributed by atoms with E-state index in [2.05, 4.69) is 10.2 Å². The lowest BCUT2D eigenvalue weighted by atomic mass is 10.3. The Morgan fingerprint density at radius 2 is 2.05 bits per heavy atom. The molecule has 0 aliphatic heterocycles. The maximum Gasteiger partial charge on any atom is 0.267 e. The SMILES string of the molecule is COc1ccccc1N(C)S(=O)(=O)c1c(CN)n[nH]c1C. The molecule has 2 rings (SSSR count). The van der Waals surface area contributed by atoms with Crippen molar-refractivity contribution in [3.8, 4) is 5.75 Å². The van der Waals surface area contributed by atoms with E-state index in [9.17, 15) is 8.42 Å². The average molecular weight is 310 g/mol. The first-order chi connectivity index (χ1) is 9.93. The summed E-state index contributed by atoms with van der Waals surface area (Å²) in [5, 5.41) is 6.59. The molecule has 0 saturated heterocycles. The Labute approximate surface area is 123 Å². The van der Waals surface area contributed by atoms with E-state index >= 15 is 0 Å². The van der Waals surface area contributed by atoms with Gasteiger partial charge in [0.15, 0.2) is 0 Å². The van der Waals surface area contributed by atoms with Crippen molar-refractivity contribution in [1.29, 1.82) is 0 Å². The summed E-state index contributed by atoms with van der Waals surface area (Å²) in [7, 11) is -0.809. The van der Waals surface area contributed by atoms with Crippen LogP contribution in [0.4, 0.5) is 5.69 Å². The molecule has 0 radical (unpaired) electrons. The van der Waals surface area contributed by atoms with Gasteiger partial charge in [-0.25, -0.2) is 8.42 Å². The summed E-state index contributed by atoms with van der Waals surface area (Å²) in [5.74, 6) is 0.471. The van der Waals surface area contributed by atoms with Crippen LogP contribution in [0.5, 0.6) is 5.75 Å². The lowest BCUT2D eigenvalue weighted by molar-refractivity contribution is 0.416. The summed E-state index contributed by atoms with van der Waals surface area (Å²) in [4.78, 5) is 0.110. The number of aromatic amines is 1. The molecular formula is C13H18N4O3S. The molecule has 1 heterocycles. The minimum Gasteiger partial charge on any atom is -0.495 e. The van der Waals surface area contributed by atoms with E-state index in [-0.39, 0.29) is 11.4 Å². The van der Waals surface area contributed by atoms with Crippen LogP contribution < -0.4 is 14.8 Å². The maximum atomic E-state index is 12.8. The van der Waals surface area contributed by atoms with Crippen LogP contribution in [0.1, 0.15) is 11.4 Å². The molecule has 8 heteroatoms. The molecule has 7 nitrogen and oxygen atoms in total. The van der Waals surface area contributed by atoms with Gasteiger partial charge in [-0.2, -0.15) is 5.10 Å². The van der Waals surface area contributed by atoms with Crippen LogP contribution in [-0.4, -0.2) is 32.8 Å². The molecule has 1 aromatic heterocycles. The molecule has 0 fully saturated rings. The summed E-state index contributed by atoms with van der Waals surface area (Å²) < 4.78 is 32.0. The van der Waals surface area contributed by atoms with E-state index in [1.54, 1.807) is 31.2 Å². The normalized spacial score (nSPS) is 11.4. The van der Waals surface area contributed by atoms with E-state index in [1.807, 2.05) is 0 Å². The quantitative estimate of drug-likeness (QED) is 0.858. The fourth-order valence-electron chi connectivity index (χ4n) is 2.11. The number of aromatic nitrogens is 2. The van der Waals surface area contributed by atoms with Gasteiger partial charge in [0.1, 0.15) is 10.6 Å². The molecule has 1 aromatic carbocycles. The summed E-state index contributed by atoms with van der Waals surface area (Å²) in [5.41, 5.74) is 6.78. The predicted octanol–water partition coefficient (Wildman–Crippen LogP) is 1.01. The number of hydrogen-bond acceptors (Lipinski definition) is 5. The third-order valence-corrected chi connectivity index (χ3v) is 5.17. The van der Waals surface area contributed by atoms with Gasteiger partial charge < -0.3 is 10.5 Å². The van der Waals surface area contributed by atoms with Gasteiger partial charge in [-0.05, 0) is 19.1 Å². The number of rotatable bonds is 5. The fourth-order valence-corrected chi connectivity index (χ4v) is 3.65. The number of aryl methyl sites for hydroxylation is 1. The minimum absolute atomic E-state index is 0.0403. The molecule has 0 amide bonds. The number of hydrogen-bond donors (Lipinski definition) is 2. The third-order valence-electron chi connectivity index (χ3n) is 3.20. The zero-order valence-corrected chi connectivity index (χ0v) is 12.9. The molecule has 0 aliphatic rings. The summed E-state index contributed by atoms with van der Waals surface area (Å²) in [6, 6.07) is 6.90. The number of para-hydroxylation sites is 2. The van der Waals surface area contributed by atoms with Crippen molar-refractivity contribution in [2.24, 2.45) is 5.73 Å². The van der Waals surface area contributed by atoms with Gasteiger partial charge in [0, 0.05) is 13.6 Å². The Hall–Kier alpha value is -2.06. The van der Waals surface area contributed by atoms with Crippen molar-refractivity contribution in [3.05, 3.63) is 35.7 Å². The Kier molecular flexibility index (Phi) is 4.19. The monoisotopic (exact) mass is 310 g/mol. The second kappa shape index (κ2) is 5.74. The van der Waals surface area contributed by atoms with Crippen molar-refractivity contribution in [3.63, 3.8) is 0 Å². The number of nitrogens with two attached hydrogens (primary N) is 1. The number of anilines is 1. The standard InChI is InChI=1S/C13H18N4O3S/c1-9-13(10(8-14)16-15-9)21(18,19)17(2)11-6-4-5-7-12(11)20-3/h4-7H,8,14H2,1-3H3,(H,15,16). The lowest BCUT2D eigenvalue weighted by Gasteiger charge is -2.21. The van der Waals surface area contributed by atoms with Crippen molar-refractivity contribution in [2.75, 3.05) is 18.5 Å². The first-order valence-electron chi connectivity index (χ1n) is 6.29. The Morgan fingerprint density at radius 1 is 1.38 bits per heavy atom. The topological polar surface area (TPSA) is 101 Å². The second-order valence-electron chi connectivity index (χ2n) is 4.47. The van der Waals surface area contributed by atoms with Crippen LogP contribution in [0.3, 0.4) is 0 Å². The van der Waals surface area contributed by atoms with E-state index in [1.165, 1.54) is 18.5 Å². The van der Waals surface area contributed by atoms with Gasteiger partial charge in [-0.3, -0.25) is 9.40 Å². The smallest absolute Gasteiger partial charge is 0.267 e. The third kappa shape index (κ3) is 2.59. The van der Waals surface area contributed by atoms with Crippen LogP contribution in [0.2, 0.25) is 0 Å². The second-order valence-corrected chi connectivity index (χ2v) is 6.38. The van der Waals surface area contributed by atoms with E-state index in [4.69, 9.17) is 10.5 Å². The van der Waals surface area contributed by atoms with Crippen LogP contribution in [-0.2, 0) is 16.6 Å². The molecule has 0 aliphatic carbocycles. The number of benzene rings is 1. The number of methoxy groups -OCH3 is 1. The first-order valence-corrected chi connectivity index (χ1v) is 7.73. The highest BCUT2D eigenvalue weighted by molar-refractivity contribution is 7.92. The highest BCUT2D eigenvalue weighted by Crippen LogP contribution is 2.32. The number of H-pyrrole nitrogens is 1. The van der Waals surface area contributed by atoms with E-state index in [0.717, 1.165) is 0 Å². The van der Waals surface area contributed by atoms with Crippen molar-refractivity contribution >= 4 is 15.7 Å². The molecule has 2 aromatic rings. The van der Waals surface area contributed by atoms with E-state index in [0.29, 0.717) is 22.8 Å². The highest BCUT2D eigenvalue weighted by atomic mass is 32.2. The van der Waals surface area contributed by atoms with Crippen molar-refractivity contribution in [2.45, 2.75) is 18.4 Å². The van der Waals surface area contributed by atoms with Gasteiger partial charge in [-0.1, -0.05) is 12.1 Å². The summed E-state index contributed by atoms with van der Waals surface area (Å²) >= 11 is 0. The zero-order chi connectivity index (χ0) is 15.6. The summed E-state index contributed by atoms with van der Waals surface area (Å²) in [6.07, 6.45) is 0. The van der Waals surface area contributed by atoms with Crippen LogP contribution in [0, 0.1) is 6.92 Å². The predicted molar refractivity (Wildman–Crippen MR) is 79.8 cm³/mol. The highest BCUT2D eigenvalue weighted by Gasteiger charge is 2.29. The molecule has 114 valence electrons. The van der Waals surface area contributed by atoms with Crippen LogP contribution in [0.25, 0.3) is 0 Å². The molecule has 0 atom stereocenters. The molecule has 0 unspecified atom stereocenters. The summed E-state index contributed by atoms with van der Waals surface area (Å²) in [6.45, 7) is 1.69. The molecule has 0 spiro atoms. The van der Waals surface area contributed by atoms with Crippen LogP contribution in [0.15, 0.2) is 29.2 Å². The van der Waals surface area contributed by atoms with E-state index < -0.39 is 10.0 Å². The Bertz CT molecular complexity index is 740. The molecular weight excluding hydrogens is 292 g/mol. The lowest BCUT2D eigenvalue weighted by Crippen LogP contribution is -2.28.